The number of amides is 2. The molecule has 0 atom stereocenters. The summed E-state index contributed by atoms with van der Waals surface area (Å²) in [6, 6.07) is 4.85. The zero-order chi connectivity index (χ0) is 11.4. The molecule has 0 aliphatic rings. The summed E-state index contributed by atoms with van der Waals surface area (Å²) in [5.74, 6) is -0.835. The first-order valence-corrected chi connectivity index (χ1v) is 4.45. The van der Waals surface area contributed by atoms with E-state index in [1.165, 1.54) is 6.07 Å². The molecule has 5 N–H and O–H groups in total. The monoisotopic (exact) mass is 207 g/mol. The van der Waals surface area contributed by atoms with E-state index in [0.717, 1.165) is 5.56 Å². The lowest BCUT2D eigenvalue weighted by molar-refractivity contribution is -0.114. The number of hydrogen-bond donors (Lipinski definition) is 3. The minimum atomic E-state index is -0.529. The normalized spacial score (nSPS) is 9.73. The largest absolute Gasteiger partial charge is 0.366 e. The maximum atomic E-state index is 11.1. The molecular weight excluding hydrogens is 194 g/mol. The van der Waals surface area contributed by atoms with Crippen LogP contribution in [0.4, 0.5) is 5.69 Å². The summed E-state index contributed by atoms with van der Waals surface area (Å²) in [5, 5.41) is 2.58. The second kappa shape index (κ2) is 4.56. The number of anilines is 1. The third kappa shape index (κ3) is 2.78. The SMILES string of the molecule is Cc1ccc(C(N)=O)cc1NC(=O)CN. The number of aryl methyl sites for hydroxylation is 1. The Bertz CT molecular complexity index is 402. The first-order chi connectivity index (χ1) is 7.04. The summed E-state index contributed by atoms with van der Waals surface area (Å²) in [4.78, 5) is 22.0. The van der Waals surface area contributed by atoms with Crippen LogP contribution in [0, 0.1) is 6.92 Å². The molecule has 0 radical (unpaired) electrons. The summed E-state index contributed by atoms with van der Waals surface area (Å²) in [6.45, 7) is 1.72. The summed E-state index contributed by atoms with van der Waals surface area (Å²) < 4.78 is 0. The molecule has 0 saturated heterocycles. The molecule has 80 valence electrons. The Balaban J connectivity index is 3.00. The van der Waals surface area contributed by atoms with Crippen molar-refractivity contribution in [2.75, 3.05) is 11.9 Å². The van der Waals surface area contributed by atoms with Crippen molar-refractivity contribution in [1.82, 2.24) is 0 Å². The zero-order valence-electron chi connectivity index (χ0n) is 8.41. The molecule has 15 heavy (non-hydrogen) atoms. The van der Waals surface area contributed by atoms with Crippen molar-refractivity contribution in [1.29, 1.82) is 0 Å². The average molecular weight is 207 g/mol. The Morgan fingerprint density at radius 1 is 1.40 bits per heavy atom. The van der Waals surface area contributed by atoms with Crippen molar-refractivity contribution in [3.63, 3.8) is 0 Å². The number of rotatable bonds is 3. The van der Waals surface area contributed by atoms with Crippen molar-refractivity contribution in [2.45, 2.75) is 6.92 Å². The molecule has 0 fully saturated rings. The highest BCUT2D eigenvalue weighted by Crippen LogP contribution is 2.16. The van der Waals surface area contributed by atoms with Crippen LogP contribution in [-0.4, -0.2) is 18.4 Å². The second-order valence-corrected chi connectivity index (χ2v) is 3.15. The molecule has 5 heteroatoms. The first kappa shape index (κ1) is 11.2. The van der Waals surface area contributed by atoms with E-state index in [-0.39, 0.29) is 12.5 Å². The maximum absolute atomic E-state index is 11.1. The van der Waals surface area contributed by atoms with Crippen LogP contribution in [0.3, 0.4) is 0 Å². The smallest absolute Gasteiger partial charge is 0.248 e. The summed E-state index contributed by atoms with van der Waals surface area (Å²) in [7, 11) is 0. The second-order valence-electron chi connectivity index (χ2n) is 3.15. The fourth-order valence-corrected chi connectivity index (χ4v) is 1.11. The van der Waals surface area contributed by atoms with Gasteiger partial charge >= 0.3 is 0 Å². The van der Waals surface area contributed by atoms with Crippen LogP contribution >= 0.6 is 0 Å². The molecule has 1 aromatic carbocycles. The van der Waals surface area contributed by atoms with Crippen LogP contribution in [0.1, 0.15) is 15.9 Å². The highest BCUT2D eigenvalue weighted by molar-refractivity contribution is 5.97. The molecule has 1 rings (SSSR count). The Morgan fingerprint density at radius 3 is 2.60 bits per heavy atom. The third-order valence-corrected chi connectivity index (χ3v) is 1.98. The fourth-order valence-electron chi connectivity index (χ4n) is 1.11. The number of benzene rings is 1. The highest BCUT2D eigenvalue weighted by Gasteiger charge is 2.06. The lowest BCUT2D eigenvalue weighted by Crippen LogP contribution is -2.22. The number of primary amides is 1. The van der Waals surface area contributed by atoms with Gasteiger partial charge in [0.2, 0.25) is 11.8 Å². The Morgan fingerprint density at radius 2 is 2.07 bits per heavy atom. The van der Waals surface area contributed by atoms with E-state index in [4.69, 9.17) is 11.5 Å². The number of nitrogens with one attached hydrogen (secondary N) is 1. The molecule has 2 amide bonds. The van der Waals surface area contributed by atoms with E-state index < -0.39 is 5.91 Å². The number of nitrogens with two attached hydrogens (primary N) is 2. The molecule has 0 bridgehead atoms. The van der Waals surface area contributed by atoms with Crippen molar-refractivity contribution in [3.05, 3.63) is 29.3 Å². The van der Waals surface area contributed by atoms with Crippen LogP contribution in [0.2, 0.25) is 0 Å². The van der Waals surface area contributed by atoms with E-state index in [1.807, 2.05) is 6.92 Å². The molecule has 0 unspecified atom stereocenters. The van der Waals surface area contributed by atoms with Crippen LogP contribution in [0.5, 0.6) is 0 Å². The molecule has 0 spiro atoms. The van der Waals surface area contributed by atoms with E-state index >= 15 is 0 Å². The summed E-state index contributed by atoms with van der Waals surface area (Å²) >= 11 is 0. The molecule has 5 nitrogen and oxygen atoms in total. The van der Waals surface area contributed by atoms with Gasteiger partial charge in [0, 0.05) is 11.3 Å². The molecule has 0 aromatic heterocycles. The number of hydrogen-bond acceptors (Lipinski definition) is 3. The minimum Gasteiger partial charge on any atom is -0.366 e. The average Bonchev–Trinajstić information content (AvgIpc) is 2.20. The van der Waals surface area contributed by atoms with Gasteiger partial charge in [0.25, 0.3) is 0 Å². The van der Waals surface area contributed by atoms with Gasteiger partial charge in [-0.1, -0.05) is 6.07 Å². The van der Waals surface area contributed by atoms with E-state index in [1.54, 1.807) is 12.1 Å². The van der Waals surface area contributed by atoms with Crippen molar-refractivity contribution in [3.8, 4) is 0 Å². The Labute approximate surface area is 87.4 Å². The van der Waals surface area contributed by atoms with Crippen molar-refractivity contribution >= 4 is 17.5 Å². The first-order valence-electron chi connectivity index (χ1n) is 4.45. The predicted octanol–water partition coefficient (Wildman–Crippen LogP) is -0.00888. The minimum absolute atomic E-state index is 0.0970. The summed E-state index contributed by atoms with van der Waals surface area (Å²) in [5.41, 5.74) is 12.0. The van der Waals surface area contributed by atoms with E-state index in [2.05, 4.69) is 5.32 Å². The van der Waals surface area contributed by atoms with Gasteiger partial charge in [-0.2, -0.15) is 0 Å². The van der Waals surface area contributed by atoms with E-state index in [0.29, 0.717) is 11.3 Å². The Kier molecular flexibility index (Phi) is 3.41. The van der Waals surface area contributed by atoms with Crippen LogP contribution in [0.25, 0.3) is 0 Å². The molecule has 1 aromatic rings. The van der Waals surface area contributed by atoms with Crippen molar-refractivity contribution in [2.24, 2.45) is 11.5 Å². The van der Waals surface area contributed by atoms with Gasteiger partial charge in [-0.25, -0.2) is 0 Å². The molecule has 0 aliphatic carbocycles. The molecule has 0 saturated carbocycles. The van der Waals surface area contributed by atoms with Gasteiger partial charge in [0.1, 0.15) is 0 Å². The molecule has 0 aliphatic heterocycles. The van der Waals surface area contributed by atoms with Gasteiger partial charge < -0.3 is 16.8 Å². The summed E-state index contributed by atoms with van der Waals surface area (Å²) in [6.07, 6.45) is 0. The number of carbonyl (C=O) groups excluding carboxylic acids is 2. The van der Waals surface area contributed by atoms with Gasteiger partial charge in [0.05, 0.1) is 6.54 Å². The predicted molar refractivity (Wildman–Crippen MR) is 57.4 cm³/mol. The van der Waals surface area contributed by atoms with E-state index in [9.17, 15) is 9.59 Å². The topological polar surface area (TPSA) is 98.2 Å². The molecule has 0 heterocycles. The zero-order valence-corrected chi connectivity index (χ0v) is 8.41. The van der Waals surface area contributed by atoms with Crippen LogP contribution in [0.15, 0.2) is 18.2 Å². The standard InChI is InChI=1S/C10H13N3O2/c1-6-2-3-7(10(12)15)4-8(6)13-9(14)5-11/h2-4H,5,11H2,1H3,(H2,12,15)(H,13,14). The van der Waals surface area contributed by atoms with Crippen LogP contribution in [-0.2, 0) is 4.79 Å². The van der Waals surface area contributed by atoms with Gasteiger partial charge in [-0.05, 0) is 24.6 Å². The molecular formula is C10H13N3O2. The number of carbonyl (C=O) groups is 2. The van der Waals surface area contributed by atoms with Crippen molar-refractivity contribution < 1.29 is 9.59 Å². The Hall–Kier alpha value is -1.88. The lowest BCUT2D eigenvalue weighted by Gasteiger charge is -2.08. The maximum Gasteiger partial charge on any atom is 0.248 e. The highest BCUT2D eigenvalue weighted by atomic mass is 16.2. The van der Waals surface area contributed by atoms with Gasteiger partial charge in [-0.15, -0.1) is 0 Å². The van der Waals surface area contributed by atoms with Gasteiger partial charge in [-0.3, -0.25) is 9.59 Å². The van der Waals surface area contributed by atoms with Crippen LogP contribution < -0.4 is 16.8 Å². The van der Waals surface area contributed by atoms with Gasteiger partial charge in [0.15, 0.2) is 0 Å². The lowest BCUT2D eigenvalue weighted by atomic mass is 10.1. The third-order valence-electron chi connectivity index (χ3n) is 1.98. The quantitative estimate of drug-likeness (QED) is 0.650. The fraction of sp³-hybridized carbons (Fsp3) is 0.200.